The lowest BCUT2D eigenvalue weighted by molar-refractivity contribution is 0.0231. The Bertz CT molecular complexity index is 992. The van der Waals surface area contributed by atoms with Gasteiger partial charge in [0, 0.05) is 13.1 Å². The zero-order valence-corrected chi connectivity index (χ0v) is 16.9. The second-order valence-corrected chi connectivity index (χ2v) is 8.05. The number of amides is 1. The van der Waals surface area contributed by atoms with E-state index in [2.05, 4.69) is 4.98 Å². The van der Waals surface area contributed by atoms with E-state index >= 15 is 0 Å². The number of piperazine rings is 1. The number of aromatic nitrogens is 2. The van der Waals surface area contributed by atoms with Gasteiger partial charge in [-0.2, -0.15) is 0 Å². The molecular formula is C19H25F2N5O3. The lowest BCUT2D eigenvalue weighted by atomic mass is 10.2. The molecule has 1 aromatic heterocycles. The summed E-state index contributed by atoms with van der Waals surface area (Å²) in [4.78, 5) is 31.0. The minimum absolute atomic E-state index is 0.123. The predicted octanol–water partition coefficient (Wildman–Crippen LogP) is 1.88. The lowest BCUT2D eigenvalue weighted by Crippen LogP contribution is -2.57. The molecule has 1 saturated heterocycles. The monoisotopic (exact) mass is 409 g/mol. The highest BCUT2D eigenvalue weighted by atomic mass is 19.1. The first-order valence-electron chi connectivity index (χ1n) is 9.39. The highest BCUT2D eigenvalue weighted by Crippen LogP contribution is 2.19. The second-order valence-electron chi connectivity index (χ2n) is 8.05. The number of carbonyl (C=O) groups excluding carboxylic acids is 1. The van der Waals surface area contributed by atoms with Gasteiger partial charge in [-0.15, -0.1) is 0 Å². The van der Waals surface area contributed by atoms with Crippen molar-refractivity contribution < 1.29 is 18.3 Å². The number of rotatable bonds is 2. The Balaban J connectivity index is 1.96. The van der Waals surface area contributed by atoms with Gasteiger partial charge in [0.05, 0.1) is 19.1 Å². The maximum atomic E-state index is 14.3. The molecular weight excluding hydrogens is 384 g/mol. The van der Waals surface area contributed by atoms with E-state index in [9.17, 15) is 18.4 Å². The molecule has 2 aromatic rings. The highest BCUT2D eigenvalue weighted by molar-refractivity contribution is 5.79. The van der Waals surface area contributed by atoms with Crippen LogP contribution in [0.5, 0.6) is 0 Å². The Labute approximate surface area is 166 Å². The van der Waals surface area contributed by atoms with Gasteiger partial charge in [-0.05, 0) is 39.8 Å². The molecule has 1 aliphatic heterocycles. The molecule has 8 nitrogen and oxygen atoms in total. The minimum Gasteiger partial charge on any atom is -0.444 e. The summed E-state index contributed by atoms with van der Waals surface area (Å²) in [7, 11) is 0. The van der Waals surface area contributed by atoms with Gasteiger partial charge in [-0.3, -0.25) is 4.79 Å². The third kappa shape index (κ3) is 4.16. The van der Waals surface area contributed by atoms with Gasteiger partial charge in [0.15, 0.2) is 0 Å². The number of ether oxygens (including phenoxy) is 1. The number of nitrogens with zero attached hydrogens (tertiary/aromatic N) is 4. The standard InChI is InChI=1S/C19H25F2N5O3/c1-11(22)16-23-15-13(21)6-5-12(20)14(15)17(27)26(16)25-9-7-24(8-10-25)18(28)29-19(2,3)4/h5-6,11H,7-10,22H2,1-4H3/t11-/m0/s1. The summed E-state index contributed by atoms with van der Waals surface area (Å²) in [5, 5.41) is 1.21. The number of fused-ring (bicyclic) bond motifs is 1. The number of hydrogen-bond acceptors (Lipinski definition) is 6. The fraction of sp³-hybridized carbons (Fsp3) is 0.526. The van der Waals surface area contributed by atoms with Crippen molar-refractivity contribution in [2.45, 2.75) is 39.3 Å². The van der Waals surface area contributed by atoms with E-state index in [1.807, 2.05) is 0 Å². The van der Waals surface area contributed by atoms with Crippen molar-refractivity contribution in [1.82, 2.24) is 14.6 Å². The average molecular weight is 409 g/mol. The number of carbonyl (C=O) groups is 1. The fourth-order valence-electron chi connectivity index (χ4n) is 3.20. The number of nitrogens with two attached hydrogens (primary N) is 1. The number of halogens is 2. The van der Waals surface area contributed by atoms with E-state index < -0.39 is 40.3 Å². The Kier molecular flexibility index (Phi) is 5.48. The van der Waals surface area contributed by atoms with Crippen molar-refractivity contribution >= 4 is 17.0 Å². The van der Waals surface area contributed by atoms with Crippen LogP contribution in [0, 0.1) is 11.6 Å². The van der Waals surface area contributed by atoms with E-state index in [1.54, 1.807) is 32.7 Å². The molecule has 0 bridgehead atoms. The van der Waals surface area contributed by atoms with Crippen LogP contribution in [0.15, 0.2) is 16.9 Å². The Hall–Kier alpha value is -2.75. The van der Waals surface area contributed by atoms with Crippen LogP contribution in [-0.2, 0) is 4.74 Å². The molecule has 0 saturated carbocycles. The summed E-state index contributed by atoms with van der Waals surface area (Å²) in [6, 6.07) is 1.13. The molecule has 10 heteroatoms. The molecule has 1 fully saturated rings. The molecule has 1 aromatic carbocycles. The molecule has 29 heavy (non-hydrogen) atoms. The molecule has 0 radical (unpaired) electrons. The van der Waals surface area contributed by atoms with Gasteiger partial charge in [-0.1, -0.05) is 0 Å². The second kappa shape index (κ2) is 7.58. The summed E-state index contributed by atoms with van der Waals surface area (Å²) in [5.74, 6) is -1.52. The Morgan fingerprint density at radius 3 is 2.31 bits per heavy atom. The van der Waals surface area contributed by atoms with Crippen LogP contribution in [0.3, 0.4) is 0 Å². The van der Waals surface area contributed by atoms with Crippen molar-refractivity contribution in [3.8, 4) is 0 Å². The van der Waals surface area contributed by atoms with E-state index in [1.165, 1.54) is 9.58 Å². The Morgan fingerprint density at radius 2 is 1.76 bits per heavy atom. The zero-order valence-electron chi connectivity index (χ0n) is 16.9. The highest BCUT2D eigenvalue weighted by Gasteiger charge is 2.29. The molecule has 0 spiro atoms. The third-order valence-electron chi connectivity index (χ3n) is 4.53. The largest absolute Gasteiger partial charge is 0.444 e. The average Bonchev–Trinajstić information content (AvgIpc) is 2.63. The van der Waals surface area contributed by atoms with Crippen molar-refractivity contribution in [2.75, 3.05) is 31.2 Å². The van der Waals surface area contributed by atoms with E-state index in [0.717, 1.165) is 12.1 Å². The zero-order chi connectivity index (χ0) is 21.5. The van der Waals surface area contributed by atoms with Crippen molar-refractivity contribution in [1.29, 1.82) is 0 Å². The molecule has 2 N–H and O–H groups in total. The predicted molar refractivity (Wildman–Crippen MR) is 104 cm³/mol. The maximum Gasteiger partial charge on any atom is 0.410 e. The van der Waals surface area contributed by atoms with Crippen molar-refractivity contribution in [2.24, 2.45) is 5.73 Å². The van der Waals surface area contributed by atoms with Crippen LogP contribution in [0.1, 0.15) is 39.6 Å². The van der Waals surface area contributed by atoms with Crippen molar-refractivity contribution in [3.05, 3.63) is 39.9 Å². The van der Waals surface area contributed by atoms with Gasteiger partial charge in [0.25, 0.3) is 5.56 Å². The summed E-state index contributed by atoms with van der Waals surface area (Å²) in [6.45, 7) is 8.11. The third-order valence-corrected chi connectivity index (χ3v) is 4.53. The van der Waals surface area contributed by atoms with Crippen LogP contribution in [-0.4, -0.2) is 52.4 Å². The number of hydrogen-bond donors (Lipinski definition) is 1. The van der Waals surface area contributed by atoms with E-state index in [0.29, 0.717) is 13.1 Å². The molecule has 1 atom stereocenters. The topological polar surface area (TPSA) is 93.7 Å². The maximum absolute atomic E-state index is 14.3. The normalized spacial score (nSPS) is 16.2. The molecule has 1 aliphatic rings. The van der Waals surface area contributed by atoms with Crippen LogP contribution in [0.4, 0.5) is 13.6 Å². The molecule has 0 unspecified atom stereocenters. The van der Waals surface area contributed by atoms with Gasteiger partial charge in [0.2, 0.25) is 0 Å². The van der Waals surface area contributed by atoms with Crippen LogP contribution in [0.2, 0.25) is 0 Å². The van der Waals surface area contributed by atoms with Crippen LogP contribution in [0.25, 0.3) is 10.9 Å². The van der Waals surface area contributed by atoms with Gasteiger partial charge >= 0.3 is 6.09 Å². The van der Waals surface area contributed by atoms with E-state index in [-0.39, 0.29) is 24.4 Å². The molecule has 158 valence electrons. The summed E-state index contributed by atoms with van der Waals surface area (Å²) in [6.07, 6.45) is -0.443. The molecule has 2 heterocycles. The Morgan fingerprint density at radius 1 is 1.17 bits per heavy atom. The summed E-state index contributed by atoms with van der Waals surface area (Å²) < 4.78 is 35.0. The molecule has 0 aliphatic carbocycles. The van der Waals surface area contributed by atoms with Crippen LogP contribution >= 0.6 is 0 Å². The van der Waals surface area contributed by atoms with Crippen LogP contribution < -0.4 is 16.3 Å². The lowest BCUT2D eigenvalue weighted by Gasteiger charge is -2.38. The van der Waals surface area contributed by atoms with Gasteiger partial charge < -0.3 is 20.4 Å². The number of benzene rings is 1. The van der Waals surface area contributed by atoms with Crippen molar-refractivity contribution in [3.63, 3.8) is 0 Å². The first-order valence-corrected chi connectivity index (χ1v) is 9.39. The first kappa shape index (κ1) is 21.0. The smallest absolute Gasteiger partial charge is 0.410 e. The molecule has 3 rings (SSSR count). The van der Waals surface area contributed by atoms with Gasteiger partial charge in [-0.25, -0.2) is 23.2 Å². The quantitative estimate of drug-likeness (QED) is 0.814. The summed E-state index contributed by atoms with van der Waals surface area (Å²) in [5.41, 5.74) is 4.28. The SMILES string of the molecule is C[C@H](N)c1nc2c(F)ccc(F)c2c(=O)n1N1CCN(C(=O)OC(C)(C)C)CC1. The minimum atomic E-state index is -0.851. The molecule has 1 amide bonds. The van der Waals surface area contributed by atoms with E-state index in [4.69, 9.17) is 10.5 Å². The first-order chi connectivity index (χ1) is 13.5. The summed E-state index contributed by atoms with van der Waals surface area (Å²) >= 11 is 0. The van der Waals surface area contributed by atoms with Gasteiger partial charge in [0.1, 0.15) is 34.0 Å². The fourth-order valence-corrected chi connectivity index (χ4v) is 3.20.